The fourth-order valence-electron chi connectivity index (χ4n) is 3.06. The highest BCUT2D eigenvalue weighted by molar-refractivity contribution is 9.26. The Morgan fingerprint density at radius 3 is 2.46 bits per heavy atom. The van der Waals surface area contributed by atoms with Crippen LogP contribution in [-0.2, 0) is 31.7 Å². The molecule has 3 rings (SSSR count). The van der Waals surface area contributed by atoms with Crippen molar-refractivity contribution in [3.8, 4) is 0 Å². The van der Waals surface area contributed by atoms with Gasteiger partial charge in [-0.25, -0.2) is 4.79 Å². The summed E-state index contributed by atoms with van der Waals surface area (Å²) in [7, 11) is -1.48. The van der Waals surface area contributed by atoms with Gasteiger partial charge in [0.25, 0.3) is 11.6 Å². The molecular formula is C15H14Br2N2O6S. The monoisotopic (exact) mass is 508 g/mol. The maximum atomic E-state index is 12.7. The van der Waals surface area contributed by atoms with Gasteiger partial charge in [0.2, 0.25) is 0 Å². The molecule has 8 nitrogen and oxygen atoms in total. The number of nitro benzene ring substituents is 1. The first kappa shape index (κ1) is 19.4. The van der Waals surface area contributed by atoms with Crippen LogP contribution in [-0.4, -0.2) is 45.3 Å². The number of alkyl halides is 2. The molecule has 11 heteroatoms. The number of fused-ring (bicyclic) bond motifs is 1. The van der Waals surface area contributed by atoms with E-state index in [-0.39, 0.29) is 18.2 Å². The highest BCUT2D eigenvalue weighted by atomic mass is 79.9. The third kappa shape index (κ3) is 2.80. The summed E-state index contributed by atoms with van der Waals surface area (Å²) in [5.74, 6) is -1.04. The zero-order valence-electron chi connectivity index (χ0n) is 13.7. The standard InChI is InChI=1S/C15H14Br2N2O6S/c1-14(2)10(18-12(21)15(16,17)13(18)26(14)24)11(20)25-7-8-3-5-9(6-4-8)19(22)23/h3-6,10,13H,7H2,1-2H3/t10?,13-,26?/m0/s1. The van der Waals surface area contributed by atoms with E-state index in [1.165, 1.54) is 29.2 Å². The molecular weight excluding hydrogens is 496 g/mol. The van der Waals surface area contributed by atoms with Crippen molar-refractivity contribution in [2.45, 2.75) is 39.9 Å². The molecule has 2 unspecified atom stereocenters. The Hall–Kier alpha value is -1.33. The molecule has 3 atom stereocenters. The lowest BCUT2D eigenvalue weighted by atomic mass is 9.98. The van der Waals surface area contributed by atoms with Crippen LogP contribution in [0.3, 0.4) is 0 Å². The second kappa shape index (κ2) is 6.38. The first-order valence-corrected chi connectivity index (χ1v) is 10.3. The van der Waals surface area contributed by atoms with Gasteiger partial charge in [0.1, 0.15) is 18.0 Å². The molecule has 0 saturated carbocycles. The summed E-state index contributed by atoms with van der Waals surface area (Å²) in [5.41, 5.74) is 0.509. The van der Waals surface area contributed by atoms with Crippen LogP contribution in [0.25, 0.3) is 0 Å². The Morgan fingerprint density at radius 2 is 1.92 bits per heavy atom. The molecule has 2 aliphatic rings. The number of non-ortho nitro benzene ring substituents is 1. The molecule has 0 radical (unpaired) electrons. The number of benzene rings is 1. The van der Waals surface area contributed by atoms with Gasteiger partial charge in [-0.3, -0.25) is 19.1 Å². The van der Waals surface area contributed by atoms with Crippen molar-refractivity contribution in [1.29, 1.82) is 0 Å². The molecule has 0 bridgehead atoms. The minimum atomic E-state index is -1.48. The maximum Gasteiger partial charge on any atom is 0.330 e. The second-order valence-electron chi connectivity index (χ2n) is 6.52. The number of esters is 1. The van der Waals surface area contributed by atoms with Gasteiger partial charge < -0.3 is 9.64 Å². The van der Waals surface area contributed by atoms with E-state index in [4.69, 9.17) is 4.74 Å². The van der Waals surface area contributed by atoms with Gasteiger partial charge in [0.05, 0.1) is 20.5 Å². The zero-order valence-corrected chi connectivity index (χ0v) is 17.7. The van der Waals surface area contributed by atoms with Crippen LogP contribution in [0.15, 0.2) is 24.3 Å². The van der Waals surface area contributed by atoms with Crippen molar-refractivity contribution < 1.29 is 23.5 Å². The van der Waals surface area contributed by atoms with Crippen LogP contribution < -0.4 is 0 Å². The van der Waals surface area contributed by atoms with Gasteiger partial charge in [-0.05, 0) is 31.5 Å². The number of amides is 1. The third-order valence-corrected chi connectivity index (χ3v) is 8.89. The van der Waals surface area contributed by atoms with Crippen molar-refractivity contribution in [3.05, 3.63) is 39.9 Å². The molecule has 0 aromatic heterocycles. The van der Waals surface area contributed by atoms with E-state index in [0.29, 0.717) is 5.56 Å². The second-order valence-corrected chi connectivity index (χ2v) is 12.2. The van der Waals surface area contributed by atoms with Gasteiger partial charge in [0.15, 0.2) is 3.23 Å². The van der Waals surface area contributed by atoms with E-state index in [2.05, 4.69) is 31.9 Å². The first-order chi connectivity index (χ1) is 12.0. The Morgan fingerprint density at radius 1 is 1.35 bits per heavy atom. The van der Waals surface area contributed by atoms with Crippen LogP contribution in [0.5, 0.6) is 0 Å². The van der Waals surface area contributed by atoms with Crippen molar-refractivity contribution >= 4 is 60.2 Å². The molecule has 0 spiro atoms. The lowest BCUT2D eigenvalue weighted by Gasteiger charge is -2.46. The van der Waals surface area contributed by atoms with Crippen LogP contribution in [0.1, 0.15) is 19.4 Å². The summed E-state index contributed by atoms with van der Waals surface area (Å²) in [4.78, 5) is 36.4. The summed E-state index contributed by atoms with van der Waals surface area (Å²) >= 11 is 6.45. The van der Waals surface area contributed by atoms with E-state index in [0.717, 1.165) is 0 Å². The molecule has 1 aromatic carbocycles. The third-order valence-electron chi connectivity index (χ3n) is 4.49. The number of hydrogen-bond donors (Lipinski definition) is 0. The highest BCUT2D eigenvalue weighted by Crippen LogP contribution is 2.55. The fraction of sp³-hybridized carbons (Fsp3) is 0.467. The van der Waals surface area contributed by atoms with Crippen LogP contribution >= 0.6 is 31.9 Å². The van der Waals surface area contributed by atoms with Crippen LogP contribution in [0, 0.1) is 10.1 Å². The Bertz CT molecular complexity index is 826. The molecule has 2 fully saturated rings. The number of rotatable bonds is 4. The lowest BCUT2D eigenvalue weighted by molar-refractivity contribution is -0.384. The summed E-state index contributed by atoms with van der Waals surface area (Å²) in [5, 5.41) is 9.99. The van der Waals surface area contributed by atoms with Crippen molar-refractivity contribution in [2.24, 2.45) is 0 Å². The van der Waals surface area contributed by atoms with E-state index in [1.54, 1.807) is 13.8 Å². The zero-order chi connectivity index (χ0) is 19.4. The Kier molecular flexibility index (Phi) is 4.77. The number of carbonyl (C=O) groups excluding carboxylic acids is 2. The van der Waals surface area contributed by atoms with Crippen molar-refractivity contribution in [3.63, 3.8) is 0 Å². The van der Waals surface area contributed by atoms with E-state index in [1.807, 2.05) is 0 Å². The lowest BCUT2D eigenvalue weighted by Crippen LogP contribution is -2.69. The van der Waals surface area contributed by atoms with Gasteiger partial charge >= 0.3 is 5.97 Å². The smallest absolute Gasteiger partial charge is 0.330 e. The largest absolute Gasteiger partial charge is 0.459 e. The number of nitrogens with zero attached hydrogens (tertiary/aromatic N) is 2. The normalized spacial score (nSPS) is 28.2. The maximum absolute atomic E-state index is 12.7. The van der Waals surface area contributed by atoms with Gasteiger partial charge in [-0.1, -0.05) is 31.9 Å². The molecule has 2 saturated heterocycles. The fourth-order valence-corrected chi connectivity index (χ4v) is 6.73. The number of halogens is 2. The molecule has 0 N–H and O–H groups in total. The SMILES string of the molecule is CC1(C)C(C(=O)OCc2ccc([N+](=O)[O-])cc2)N2C(=O)C(Br)(Br)[C@@H]2S1=O. The van der Waals surface area contributed by atoms with Crippen LogP contribution in [0.2, 0.25) is 0 Å². The molecule has 0 aliphatic carbocycles. The van der Waals surface area contributed by atoms with Gasteiger partial charge in [0, 0.05) is 12.1 Å². The minimum Gasteiger partial charge on any atom is -0.459 e. The van der Waals surface area contributed by atoms with Gasteiger partial charge in [-0.2, -0.15) is 0 Å². The van der Waals surface area contributed by atoms with Crippen LogP contribution in [0.4, 0.5) is 5.69 Å². The number of carbonyl (C=O) groups is 2. The molecule has 2 heterocycles. The molecule has 26 heavy (non-hydrogen) atoms. The number of β-lactam (4-membered cyclic amide) rings is 1. The van der Waals surface area contributed by atoms with Gasteiger partial charge in [-0.15, -0.1) is 0 Å². The van der Waals surface area contributed by atoms with E-state index >= 15 is 0 Å². The van der Waals surface area contributed by atoms with E-state index < -0.39 is 41.1 Å². The van der Waals surface area contributed by atoms with E-state index in [9.17, 15) is 23.9 Å². The quantitative estimate of drug-likeness (QED) is 0.202. The van der Waals surface area contributed by atoms with Crippen molar-refractivity contribution in [2.75, 3.05) is 0 Å². The summed E-state index contributed by atoms with van der Waals surface area (Å²) in [6, 6.07) is 4.64. The number of ether oxygens (including phenoxy) is 1. The summed E-state index contributed by atoms with van der Waals surface area (Å²) in [6.07, 6.45) is 0. The molecule has 140 valence electrons. The molecule has 2 aliphatic heterocycles. The summed E-state index contributed by atoms with van der Waals surface area (Å²) in [6.45, 7) is 3.21. The number of hydrogen-bond acceptors (Lipinski definition) is 6. The summed E-state index contributed by atoms with van der Waals surface area (Å²) < 4.78 is 15.9. The highest BCUT2D eigenvalue weighted by Gasteiger charge is 2.73. The average molecular weight is 510 g/mol. The number of nitro groups is 1. The predicted octanol–water partition coefficient (Wildman–Crippen LogP) is 2.20. The average Bonchev–Trinajstić information content (AvgIpc) is 2.78. The minimum absolute atomic E-state index is 0.0626. The Balaban J connectivity index is 1.74. The Labute approximate surface area is 168 Å². The predicted molar refractivity (Wildman–Crippen MR) is 100 cm³/mol. The topological polar surface area (TPSA) is 107 Å². The first-order valence-electron chi connectivity index (χ1n) is 7.51. The molecule has 1 aromatic rings. The molecule has 1 amide bonds. The van der Waals surface area contributed by atoms with Crippen molar-refractivity contribution in [1.82, 2.24) is 4.90 Å².